The maximum Gasteiger partial charge on any atom is 0.253 e. The number of anilines is 1. The van der Waals surface area contributed by atoms with Gasteiger partial charge in [0.1, 0.15) is 6.04 Å². The molecular formula is C19H25N5O2. The molecule has 26 heavy (non-hydrogen) atoms. The zero-order valence-corrected chi connectivity index (χ0v) is 15.2. The number of carbonyl (C=O) groups excluding carboxylic acids is 2. The van der Waals surface area contributed by atoms with Gasteiger partial charge in [-0.25, -0.2) is 0 Å². The first-order valence-corrected chi connectivity index (χ1v) is 8.94. The Bertz CT molecular complexity index is 780. The number of nitrogens with zero attached hydrogens (tertiary/aromatic N) is 3. The molecule has 1 aliphatic rings. The molecule has 1 aromatic heterocycles. The molecule has 7 nitrogen and oxygen atoms in total. The van der Waals surface area contributed by atoms with Crippen molar-refractivity contribution < 1.29 is 9.59 Å². The first-order chi connectivity index (χ1) is 12.6. The van der Waals surface area contributed by atoms with E-state index in [1.165, 1.54) is 6.42 Å². The van der Waals surface area contributed by atoms with Gasteiger partial charge in [0.2, 0.25) is 5.91 Å². The van der Waals surface area contributed by atoms with Gasteiger partial charge in [-0.2, -0.15) is 5.10 Å². The van der Waals surface area contributed by atoms with E-state index in [0.717, 1.165) is 31.5 Å². The zero-order valence-electron chi connectivity index (χ0n) is 15.2. The minimum Gasteiger partial charge on any atom is -0.339 e. The van der Waals surface area contributed by atoms with Gasteiger partial charge in [-0.1, -0.05) is 6.07 Å². The average molecular weight is 355 g/mol. The normalized spacial score (nSPS) is 15.5. The van der Waals surface area contributed by atoms with E-state index in [4.69, 9.17) is 0 Å². The predicted octanol–water partition coefficient (Wildman–Crippen LogP) is 1.95. The lowest BCUT2D eigenvalue weighted by Gasteiger charge is -2.26. The highest BCUT2D eigenvalue weighted by Crippen LogP contribution is 2.18. The van der Waals surface area contributed by atoms with Gasteiger partial charge >= 0.3 is 0 Å². The molecule has 0 spiro atoms. The van der Waals surface area contributed by atoms with E-state index < -0.39 is 6.04 Å². The van der Waals surface area contributed by atoms with Crippen molar-refractivity contribution in [2.45, 2.75) is 25.3 Å². The van der Waals surface area contributed by atoms with Crippen molar-refractivity contribution in [3.8, 4) is 0 Å². The summed E-state index contributed by atoms with van der Waals surface area (Å²) in [6.45, 7) is 1.61. The van der Waals surface area contributed by atoms with Crippen LogP contribution in [0.2, 0.25) is 0 Å². The number of likely N-dealkylation sites (tertiary alicyclic amines) is 1. The molecule has 0 aliphatic carbocycles. The van der Waals surface area contributed by atoms with Gasteiger partial charge < -0.3 is 15.5 Å². The second-order valence-corrected chi connectivity index (χ2v) is 6.59. The Balaban J connectivity index is 1.71. The quantitative estimate of drug-likeness (QED) is 0.859. The van der Waals surface area contributed by atoms with Crippen molar-refractivity contribution in [1.82, 2.24) is 20.0 Å². The third-order valence-electron chi connectivity index (χ3n) is 4.63. The Morgan fingerprint density at radius 1 is 1.19 bits per heavy atom. The summed E-state index contributed by atoms with van der Waals surface area (Å²) in [5.74, 6) is -0.165. The zero-order chi connectivity index (χ0) is 18.5. The number of aryl methyl sites for hydroxylation is 1. The average Bonchev–Trinajstić information content (AvgIpc) is 3.08. The van der Waals surface area contributed by atoms with E-state index in [-0.39, 0.29) is 11.8 Å². The first-order valence-electron chi connectivity index (χ1n) is 8.94. The van der Waals surface area contributed by atoms with Crippen molar-refractivity contribution in [3.05, 3.63) is 47.8 Å². The molecule has 1 unspecified atom stereocenters. The van der Waals surface area contributed by atoms with Gasteiger partial charge in [0.25, 0.3) is 5.91 Å². The largest absolute Gasteiger partial charge is 0.339 e. The summed E-state index contributed by atoms with van der Waals surface area (Å²) in [4.78, 5) is 27.2. The number of hydrogen-bond acceptors (Lipinski definition) is 4. The number of piperidine rings is 1. The van der Waals surface area contributed by atoms with Crippen LogP contribution >= 0.6 is 0 Å². The van der Waals surface area contributed by atoms with Gasteiger partial charge in [0, 0.05) is 43.1 Å². The molecule has 0 bridgehead atoms. The summed E-state index contributed by atoms with van der Waals surface area (Å²) in [6.07, 6.45) is 6.75. The van der Waals surface area contributed by atoms with Gasteiger partial charge in [-0.05, 0) is 44.5 Å². The molecule has 138 valence electrons. The summed E-state index contributed by atoms with van der Waals surface area (Å²) in [5.41, 5.74) is 2.00. The fourth-order valence-corrected chi connectivity index (χ4v) is 3.26. The van der Waals surface area contributed by atoms with Crippen molar-refractivity contribution >= 4 is 17.5 Å². The molecule has 2 amide bonds. The molecule has 1 saturated heterocycles. The van der Waals surface area contributed by atoms with Gasteiger partial charge in [-0.15, -0.1) is 0 Å². The summed E-state index contributed by atoms with van der Waals surface area (Å²) in [6, 6.07) is 6.62. The van der Waals surface area contributed by atoms with Crippen molar-refractivity contribution in [3.63, 3.8) is 0 Å². The minimum atomic E-state index is -0.509. The van der Waals surface area contributed by atoms with Crippen LogP contribution in [0.5, 0.6) is 0 Å². The fraction of sp³-hybridized carbons (Fsp3) is 0.421. The number of aromatic nitrogens is 2. The minimum absolute atomic E-state index is 0.0261. The molecule has 2 heterocycles. The SMILES string of the molecule is CNC(C(=O)Nc1cccc(C(=O)N2CCCCC2)c1)c1cnn(C)c1. The molecule has 2 aromatic rings. The van der Waals surface area contributed by atoms with E-state index in [0.29, 0.717) is 11.3 Å². The van der Waals surface area contributed by atoms with E-state index in [9.17, 15) is 9.59 Å². The molecule has 0 radical (unpaired) electrons. The van der Waals surface area contributed by atoms with E-state index in [1.807, 2.05) is 11.9 Å². The highest BCUT2D eigenvalue weighted by Gasteiger charge is 2.21. The molecule has 3 rings (SSSR count). The summed E-state index contributed by atoms with van der Waals surface area (Å²) >= 11 is 0. The van der Waals surface area contributed by atoms with E-state index in [2.05, 4.69) is 15.7 Å². The standard InChI is InChI=1S/C19H25N5O2/c1-20-17(15-12-21-23(2)13-15)18(25)22-16-8-6-7-14(11-16)19(26)24-9-4-3-5-10-24/h6-8,11-13,17,20H,3-5,9-10H2,1-2H3,(H,22,25). The van der Waals surface area contributed by atoms with Gasteiger partial charge in [0.05, 0.1) is 6.20 Å². The van der Waals surface area contributed by atoms with Crippen LogP contribution in [0, 0.1) is 0 Å². The number of hydrogen-bond donors (Lipinski definition) is 2. The summed E-state index contributed by atoms with van der Waals surface area (Å²) in [5, 5.41) is 10.0. The molecule has 2 N–H and O–H groups in total. The number of nitrogens with one attached hydrogen (secondary N) is 2. The number of amides is 2. The second kappa shape index (κ2) is 8.14. The second-order valence-electron chi connectivity index (χ2n) is 6.59. The van der Waals surface area contributed by atoms with Crippen LogP contribution in [0.1, 0.15) is 41.2 Å². The van der Waals surface area contributed by atoms with E-state index >= 15 is 0 Å². The van der Waals surface area contributed by atoms with Crippen LogP contribution in [0.15, 0.2) is 36.7 Å². The van der Waals surface area contributed by atoms with Crippen LogP contribution in [-0.4, -0.2) is 46.6 Å². The van der Waals surface area contributed by atoms with Crippen LogP contribution in [0.25, 0.3) is 0 Å². The number of carbonyl (C=O) groups is 2. The summed E-state index contributed by atoms with van der Waals surface area (Å²) < 4.78 is 1.66. The lowest BCUT2D eigenvalue weighted by Crippen LogP contribution is -2.35. The Morgan fingerprint density at radius 2 is 1.96 bits per heavy atom. The molecule has 1 fully saturated rings. The number of rotatable bonds is 5. The van der Waals surface area contributed by atoms with Crippen LogP contribution in [-0.2, 0) is 11.8 Å². The molecular weight excluding hydrogens is 330 g/mol. The fourth-order valence-electron chi connectivity index (χ4n) is 3.26. The smallest absolute Gasteiger partial charge is 0.253 e. The highest BCUT2D eigenvalue weighted by atomic mass is 16.2. The molecule has 7 heteroatoms. The molecule has 0 saturated carbocycles. The topological polar surface area (TPSA) is 79.3 Å². The van der Waals surface area contributed by atoms with Crippen molar-refractivity contribution in [1.29, 1.82) is 0 Å². The maximum atomic E-state index is 12.6. The third-order valence-corrected chi connectivity index (χ3v) is 4.63. The van der Waals surface area contributed by atoms with Gasteiger partial charge in [-0.3, -0.25) is 14.3 Å². The lowest BCUT2D eigenvalue weighted by molar-refractivity contribution is -0.118. The Labute approximate surface area is 153 Å². The first kappa shape index (κ1) is 18.1. The Hall–Kier alpha value is -2.67. The summed E-state index contributed by atoms with van der Waals surface area (Å²) in [7, 11) is 3.54. The van der Waals surface area contributed by atoms with Crippen molar-refractivity contribution in [2.75, 3.05) is 25.5 Å². The molecule has 1 aromatic carbocycles. The number of benzene rings is 1. The Kier molecular flexibility index (Phi) is 5.68. The highest BCUT2D eigenvalue weighted by molar-refractivity contribution is 5.98. The molecule has 1 aliphatic heterocycles. The van der Waals surface area contributed by atoms with Crippen LogP contribution in [0.4, 0.5) is 5.69 Å². The van der Waals surface area contributed by atoms with Crippen LogP contribution < -0.4 is 10.6 Å². The third kappa shape index (κ3) is 4.11. The van der Waals surface area contributed by atoms with E-state index in [1.54, 1.807) is 48.4 Å². The molecule has 1 atom stereocenters. The lowest BCUT2D eigenvalue weighted by atomic mass is 10.1. The maximum absolute atomic E-state index is 12.6. The predicted molar refractivity (Wildman–Crippen MR) is 99.8 cm³/mol. The Morgan fingerprint density at radius 3 is 2.62 bits per heavy atom. The monoisotopic (exact) mass is 355 g/mol. The van der Waals surface area contributed by atoms with Crippen molar-refractivity contribution in [2.24, 2.45) is 7.05 Å². The number of likely N-dealkylation sites (N-methyl/N-ethyl adjacent to an activating group) is 1. The van der Waals surface area contributed by atoms with Crippen LogP contribution in [0.3, 0.4) is 0 Å². The van der Waals surface area contributed by atoms with Gasteiger partial charge in [0.15, 0.2) is 0 Å².